The molecule has 1 aliphatic heterocycles. The summed E-state index contributed by atoms with van der Waals surface area (Å²) >= 11 is 0. The standard InChI is InChI=1S/C15H18N4O2/c20-14-12-6-2-3-7-13(12)15(21)19(14)10-5-1-4-9-18-11-8-16-17-18/h2,6,8,11H,1,3-5,7,9-10H2. The predicted octanol–water partition coefficient (Wildman–Crippen LogP) is 1.46. The van der Waals surface area contributed by atoms with Crippen molar-refractivity contribution in [3.05, 3.63) is 35.7 Å². The molecule has 110 valence electrons. The van der Waals surface area contributed by atoms with Crippen molar-refractivity contribution >= 4 is 11.8 Å². The van der Waals surface area contributed by atoms with Crippen LogP contribution in [0.2, 0.25) is 0 Å². The molecule has 0 fully saturated rings. The fraction of sp³-hybridized carbons (Fsp3) is 0.467. The van der Waals surface area contributed by atoms with Crippen LogP contribution in [0, 0.1) is 0 Å². The number of allylic oxidation sites excluding steroid dienone is 1. The minimum Gasteiger partial charge on any atom is -0.275 e. The molecule has 1 aromatic rings. The summed E-state index contributed by atoms with van der Waals surface area (Å²) in [5, 5.41) is 7.65. The van der Waals surface area contributed by atoms with Crippen molar-refractivity contribution in [1.82, 2.24) is 19.9 Å². The van der Waals surface area contributed by atoms with Crippen molar-refractivity contribution in [2.45, 2.75) is 38.6 Å². The molecule has 1 aromatic heterocycles. The Morgan fingerprint density at radius 1 is 1.10 bits per heavy atom. The van der Waals surface area contributed by atoms with E-state index in [0.717, 1.165) is 32.2 Å². The van der Waals surface area contributed by atoms with E-state index in [1.165, 1.54) is 4.90 Å². The average molecular weight is 286 g/mol. The lowest BCUT2D eigenvalue weighted by Gasteiger charge is -2.14. The average Bonchev–Trinajstić information content (AvgIpc) is 3.10. The fourth-order valence-electron chi connectivity index (χ4n) is 2.76. The van der Waals surface area contributed by atoms with E-state index in [9.17, 15) is 9.59 Å². The van der Waals surface area contributed by atoms with Gasteiger partial charge in [-0.25, -0.2) is 0 Å². The minimum absolute atomic E-state index is 0.0874. The quantitative estimate of drug-likeness (QED) is 0.586. The Bertz CT molecular complexity index is 601. The number of aryl methyl sites for hydroxylation is 1. The molecule has 6 nitrogen and oxygen atoms in total. The normalized spacial score (nSPS) is 17.8. The Balaban J connectivity index is 1.45. The molecule has 0 unspecified atom stereocenters. The molecule has 2 amide bonds. The first-order valence-corrected chi connectivity index (χ1v) is 7.37. The van der Waals surface area contributed by atoms with Gasteiger partial charge < -0.3 is 0 Å². The molecule has 0 spiro atoms. The molecule has 0 atom stereocenters. The van der Waals surface area contributed by atoms with E-state index in [2.05, 4.69) is 10.3 Å². The van der Waals surface area contributed by atoms with Crippen molar-refractivity contribution in [2.24, 2.45) is 0 Å². The summed E-state index contributed by atoms with van der Waals surface area (Å²) in [6.45, 7) is 1.33. The summed E-state index contributed by atoms with van der Waals surface area (Å²) in [6.07, 6.45) is 11.5. The largest absolute Gasteiger partial charge is 0.275 e. The Labute approximate surface area is 123 Å². The Hall–Kier alpha value is -2.24. The van der Waals surface area contributed by atoms with Crippen LogP contribution in [0.15, 0.2) is 35.7 Å². The summed E-state index contributed by atoms with van der Waals surface area (Å²) in [5.41, 5.74) is 1.30. The summed E-state index contributed by atoms with van der Waals surface area (Å²) in [5.74, 6) is -0.210. The SMILES string of the molecule is O=C1C2=C(CCC=C2)C(=O)N1CCCCCn1ccnn1. The highest BCUT2D eigenvalue weighted by Crippen LogP contribution is 2.29. The van der Waals surface area contributed by atoms with Gasteiger partial charge in [-0.3, -0.25) is 19.2 Å². The van der Waals surface area contributed by atoms with Crippen molar-refractivity contribution in [1.29, 1.82) is 0 Å². The molecule has 2 aliphatic rings. The number of rotatable bonds is 6. The molecule has 21 heavy (non-hydrogen) atoms. The first kappa shape index (κ1) is 13.7. The second-order valence-corrected chi connectivity index (χ2v) is 5.32. The first-order chi connectivity index (χ1) is 10.3. The molecular formula is C15H18N4O2. The lowest BCUT2D eigenvalue weighted by molar-refractivity contribution is -0.137. The Kier molecular flexibility index (Phi) is 3.94. The van der Waals surface area contributed by atoms with Crippen LogP contribution >= 0.6 is 0 Å². The molecule has 2 heterocycles. The third-order valence-electron chi connectivity index (χ3n) is 3.89. The highest BCUT2D eigenvalue weighted by Gasteiger charge is 2.36. The van der Waals surface area contributed by atoms with E-state index in [-0.39, 0.29) is 11.8 Å². The lowest BCUT2D eigenvalue weighted by atomic mass is 10.00. The van der Waals surface area contributed by atoms with E-state index in [1.54, 1.807) is 17.0 Å². The number of amides is 2. The van der Waals surface area contributed by atoms with Crippen LogP contribution in [-0.4, -0.2) is 38.3 Å². The number of hydrogen-bond donors (Lipinski definition) is 0. The highest BCUT2D eigenvalue weighted by atomic mass is 16.2. The smallest absolute Gasteiger partial charge is 0.261 e. The van der Waals surface area contributed by atoms with E-state index >= 15 is 0 Å². The molecular weight excluding hydrogens is 268 g/mol. The van der Waals surface area contributed by atoms with Gasteiger partial charge in [-0.2, -0.15) is 0 Å². The van der Waals surface area contributed by atoms with Crippen molar-refractivity contribution in [2.75, 3.05) is 6.54 Å². The van der Waals surface area contributed by atoms with Crippen molar-refractivity contribution < 1.29 is 9.59 Å². The van der Waals surface area contributed by atoms with E-state index in [4.69, 9.17) is 0 Å². The molecule has 0 aromatic carbocycles. The maximum absolute atomic E-state index is 12.2. The Morgan fingerprint density at radius 2 is 1.95 bits per heavy atom. The van der Waals surface area contributed by atoms with Crippen LogP contribution in [0.4, 0.5) is 0 Å². The van der Waals surface area contributed by atoms with Gasteiger partial charge in [0.1, 0.15) is 0 Å². The second-order valence-electron chi connectivity index (χ2n) is 5.32. The van der Waals surface area contributed by atoms with Gasteiger partial charge in [0.15, 0.2) is 0 Å². The number of unbranched alkanes of at least 4 members (excludes halogenated alkanes) is 2. The van der Waals surface area contributed by atoms with Crippen LogP contribution in [0.3, 0.4) is 0 Å². The molecule has 3 rings (SSSR count). The molecule has 0 saturated heterocycles. The first-order valence-electron chi connectivity index (χ1n) is 7.37. The molecule has 0 N–H and O–H groups in total. The van der Waals surface area contributed by atoms with Crippen LogP contribution in [0.25, 0.3) is 0 Å². The monoisotopic (exact) mass is 286 g/mol. The van der Waals surface area contributed by atoms with Crippen molar-refractivity contribution in [3.8, 4) is 0 Å². The highest BCUT2D eigenvalue weighted by molar-refractivity contribution is 6.20. The number of nitrogens with zero attached hydrogens (tertiary/aromatic N) is 4. The molecule has 0 radical (unpaired) electrons. The summed E-state index contributed by atoms with van der Waals surface area (Å²) in [7, 11) is 0. The van der Waals surface area contributed by atoms with Gasteiger partial charge in [0.2, 0.25) is 0 Å². The minimum atomic E-state index is -0.123. The van der Waals surface area contributed by atoms with E-state index in [1.807, 2.05) is 12.3 Å². The van der Waals surface area contributed by atoms with Crippen LogP contribution in [0.1, 0.15) is 32.1 Å². The zero-order chi connectivity index (χ0) is 14.7. The van der Waals surface area contributed by atoms with Gasteiger partial charge in [0.25, 0.3) is 11.8 Å². The maximum atomic E-state index is 12.2. The number of hydrogen-bond acceptors (Lipinski definition) is 4. The van der Waals surface area contributed by atoms with Gasteiger partial charge >= 0.3 is 0 Å². The topological polar surface area (TPSA) is 68.1 Å². The molecule has 0 saturated carbocycles. The van der Waals surface area contributed by atoms with Gasteiger partial charge in [0.05, 0.1) is 6.20 Å². The third-order valence-corrected chi connectivity index (χ3v) is 3.89. The zero-order valence-electron chi connectivity index (χ0n) is 11.9. The second kappa shape index (κ2) is 6.03. The van der Waals surface area contributed by atoms with Gasteiger partial charge in [-0.05, 0) is 32.1 Å². The van der Waals surface area contributed by atoms with Gasteiger partial charge in [-0.1, -0.05) is 17.4 Å². The maximum Gasteiger partial charge on any atom is 0.261 e. The van der Waals surface area contributed by atoms with Gasteiger partial charge in [0, 0.05) is 30.4 Å². The van der Waals surface area contributed by atoms with E-state index < -0.39 is 0 Å². The van der Waals surface area contributed by atoms with E-state index in [0.29, 0.717) is 24.1 Å². The fourth-order valence-corrected chi connectivity index (χ4v) is 2.76. The van der Waals surface area contributed by atoms with Crippen molar-refractivity contribution in [3.63, 3.8) is 0 Å². The third kappa shape index (κ3) is 2.79. The molecule has 0 bridgehead atoms. The predicted molar refractivity (Wildman–Crippen MR) is 76.0 cm³/mol. The number of imide groups is 1. The zero-order valence-corrected chi connectivity index (χ0v) is 11.9. The summed E-state index contributed by atoms with van der Waals surface area (Å²) < 4.78 is 1.79. The number of carbonyl (C=O) groups is 2. The summed E-state index contributed by atoms with van der Waals surface area (Å²) in [6, 6.07) is 0. The van der Waals surface area contributed by atoms with Gasteiger partial charge in [-0.15, -0.1) is 5.10 Å². The Morgan fingerprint density at radius 3 is 2.71 bits per heavy atom. The van der Waals surface area contributed by atoms with Crippen LogP contribution in [0.5, 0.6) is 0 Å². The number of carbonyl (C=O) groups excluding carboxylic acids is 2. The van der Waals surface area contributed by atoms with Crippen LogP contribution < -0.4 is 0 Å². The lowest BCUT2D eigenvalue weighted by Crippen LogP contribution is -2.32. The van der Waals surface area contributed by atoms with Crippen LogP contribution in [-0.2, 0) is 16.1 Å². The molecule has 6 heteroatoms. The summed E-state index contributed by atoms with van der Waals surface area (Å²) in [4.78, 5) is 25.8. The molecule has 1 aliphatic carbocycles. The number of aromatic nitrogens is 3.